The van der Waals surface area contributed by atoms with Crippen LogP contribution in [0.3, 0.4) is 0 Å². The van der Waals surface area contributed by atoms with Gasteiger partial charge in [-0.05, 0) is 0 Å². The first kappa shape index (κ1) is 14.1. The van der Waals surface area contributed by atoms with E-state index in [0.717, 1.165) is 0 Å². The molecule has 1 aromatic rings. The highest BCUT2D eigenvalue weighted by Gasteiger charge is 2.32. The Hall–Kier alpha value is -0.920. The minimum Gasteiger partial charge on any atom is -0.389 e. The average Bonchev–Trinajstić information content (AvgIpc) is 2.32. The van der Waals surface area contributed by atoms with Gasteiger partial charge in [0.25, 0.3) is 0 Å². The molecule has 0 fully saturated rings. The van der Waals surface area contributed by atoms with Crippen molar-refractivity contribution in [2.24, 2.45) is 0 Å². The molecule has 0 aliphatic carbocycles. The van der Waals surface area contributed by atoms with Crippen LogP contribution in [-0.4, -0.2) is 22.2 Å². The third-order valence-electron chi connectivity index (χ3n) is 2.06. The van der Waals surface area contributed by atoms with Gasteiger partial charge in [-0.2, -0.15) is 0 Å². The Bertz CT molecular complexity index is 411. The van der Waals surface area contributed by atoms with Crippen LogP contribution >= 0.6 is 11.6 Å². The van der Waals surface area contributed by atoms with Crippen LogP contribution < -0.4 is 0 Å². The SMILES string of the molecule is OC(CCl)C(O)c1c(F)c(F)c(F)c(F)c1F. The molecule has 2 atom stereocenters. The summed E-state index contributed by atoms with van der Waals surface area (Å²) < 4.78 is 64.4. The zero-order valence-corrected chi connectivity index (χ0v) is 8.78. The molecule has 8 heteroatoms. The van der Waals surface area contributed by atoms with Crippen molar-refractivity contribution in [2.45, 2.75) is 12.2 Å². The summed E-state index contributed by atoms with van der Waals surface area (Å²) >= 11 is 5.10. The van der Waals surface area contributed by atoms with E-state index in [2.05, 4.69) is 0 Å². The summed E-state index contributed by atoms with van der Waals surface area (Å²) in [7, 11) is 0. The van der Waals surface area contributed by atoms with Crippen LogP contribution in [-0.2, 0) is 0 Å². The van der Waals surface area contributed by atoms with Gasteiger partial charge in [-0.15, -0.1) is 11.6 Å². The summed E-state index contributed by atoms with van der Waals surface area (Å²) in [5.41, 5.74) is -1.51. The minimum absolute atomic E-state index is 0.638. The molecule has 0 aliphatic rings. The second kappa shape index (κ2) is 5.16. The Labute approximate surface area is 97.2 Å². The molecule has 2 nitrogen and oxygen atoms in total. The molecular formula is C9H6ClF5O2. The molecule has 0 saturated carbocycles. The lowest BCUT2D eigenvalue weighted by atomic mass is 10.0. The molecule has 0 saturated heterocycles. The Morgan fingerprint density at radius 3 is 1.53 bits per heavy atom. The molecule has 1 rings (SSSR count). The van der Waals surface area contributed by atoms with Gasteiger partial charge in [-0.1, -0.05) is 0 Å². The quantitative estimate of drug-likeness (QED) is 0.384. The maximum Gasteiger partial charge on any atom is 0.200 e. The van der Waals surface area contributed by atoms with E-state index in [0.29, 0.717) is 0 Å². The lowest BCUT2D eigenvalue weighted by Gasteiger charge is -2.17. The van der Waals surface area contributed by atoms with Gasteiger partial charge in [0, 0.05) is 0 Å². The summed E-state index contributed by atoms with van der Waals surface area (Å²) in [6.45, 7) is 0. The fourth-order valence-electron chi connectivity index (χ4n) is 1.16. The third-order valence-corrected chi connectivity index (χ3v) is 2.38. The number of alkyl halides is 1. The van der Waals surface area contributed by atoms with Crippen LogP contribution in [0, 0.1) is 29.1 Å². The van der Waals surface area contributed by atoms with E-state index in [4.69, 9.17) is 16.7 Å². The summed E-state index contributed by atoms with van der Waals surface area (Å²) in [4.78, 5) is 0. The molecule has 17 heavy (non-hydrogen) atoms. The number of aliphatic hydroxyl groups is 2. The van der Waals surface area contributed by atoms with Gasteiger partial charge in [-0.25, -0.2) is 22.0 Å². The van der Waals surface area contributed by atoms with E-state index in [-0.39, 0.29) is 0 Å². The molecule has 1 aromatic carbocycles. The molecule has 0 aromatic heterocycles. The van der Waals surface area contributed by atoms with Crippen LogP contribution in [0.5, 0.6) is 0 Å². The van der Waals surface area contributed by atoms with Crippen molar-refractivity contribution < 1.29 is 32.2 Å². The predicted molar refractivity (Wildman–Crippen MR) is 47.9 cm³/mol. The molecule has 0 radical (unpaired) electrons. The standard InChI is InChI=1S/C9H6ClF5O2/c10-1-2(16)9(17)3-4(11)6(13)8(15)7(14)5(3)12/h2,9,16-17H,1H2. The molecule has 0 heterocycles. The normalized spacial score (nSPS) is 14.8. The topological polar surface area (TPSA) is 40.5 Å². The smallest absolute Gasteiger partial charge is 0.200 e. The van der Waals surface area contributed by atoms with E-state index in [9.17, 15) is 27.1 Å². The van der Waals surface area contributed by atoms with Gasteiger partial charge >= 0.3 is 0 Å². The largest absolute Gasteiger partial charge is 0.389 e. The molecule has 2 unspecified atom stereocenters. The van der Waals surface area contributed by atoms with Crippen LogP contribution in [0.25, 0.3) is 0 Å². The second-order valence-corrected chi connectivity index (χ2v) is 3.46. The zero-order valence-electron chi connectivity index (χ0n) is 8.02. The van der Waals surface area contributed by atoms with Gasteiger partial charge in [0.2, 0.25) is 5.82 Å². The minimum atomic E-state index is -2.34. The van der Waals surface area contributed by atoms with Gasteiger partial charge in [0.1, 0.15) is 6.10 Å². The number of rotatable bonds is 3. The fourth-order valence-corrected chi connectivity index (χ4v) is 1.33. The number of hydrogen-bond acceptors (Lipinski definition) is 2. The summed E-state index contributed by atoms with van der Waals surface area (Å²) in [5, 5.41) is 18.2. The molecule has 0 bridgehead atoms. The van der Waals surface area contributed by atoms with Crippen molar-refractivity contribution >= 4 is 11.6 Å². The summed E-state index contributed by atoms with van der Waals surface area (Å²) in [6.07, 6.45) is -4.16. The van der Waals surface area contributed by atoms with Crippen LogP contribution in [0.2, 0.25) is 0 Å². The van der Waals surface area contributed by atoms with E-state index < -0.39 is 52.7 Å². The van der Waals surface area contributed by atoms with E-state index in [1.54, 1.807) is 0 Å². The monoisotopic (exact) mass is 276 g/mol. The maximum absolute atomic E-state index is 13.1. The van der Waals surface area contributed by atoms with Crippen molar-refractivity contribution in [1.29, 1.82) is 0 Å². The average molecular weight is 277 g/mol. The molecular weight excluding hydrogens is 271 g/mol. The number of halogens is 6. The Morgan fingerprint density at radius 1 is 0.824 bits per heavy atom. The third kappa shape index (κ3) is 2.36. The van der Waals surface area contributed by atoms with Crippen molar-refractivity contribution in [2.75, 3.05) is 5.88 Å². The number of aliphatic hydroxyl groups excluding tert-OH is 2. The lowest BCUT2D eigenvalue weighted by molar-refractivity contribution is 0.0268. The molecule has 0 aliphatic heterocycles. The van der Waals surface area contributed by atoms with Crippen molar-refractivity contribution in [3.8, 4) is 0 Å². The highest BCUT2D eigenvalue weighted by atomic mass is 35.5. The number of hydrogen-bond donors (Lipinski definition) is 2. The first-order valence-electron chi connectivity index (χ1n) is 4.26. The summed E-state index contributed by atoms with van der Waals surface area (Å²) in [5.74, 6) is -11.8. The molecule has 96 valence electrons. The van der Waals surface area contributed by atoms with Gasteiger partial charge in [0.05, 0.1) is 17.5 Å². The maximum atomic E-state index is 13.1. The first-order valence-corrected chi connectivity index (χ1v) is 4.79. The van der Waals surface area contributed by atoms with E-state index >= 15 is 0 Å². The first-order chi connectivity index (χ1) is 7.82. The van der Waals surface area contributed by atoms with Gasteiger partial charge in [0.15, 0.2) is 23.3 Å². The fraction of sp³-hybridized carbons (Fsp3) is 0.333. The van der Waals surface area contributed by atoms with Crippen LogP contribution in [0.15, 0.2) is 0 Å². The van der Waals surface area contributed by atoms with Crippen LogP contribution in [0.1, 0.15) is 11.7 Å². The molecule has 0 amide bonds. The second-order valence-electron chi connectivity index (χ2n) is 3.15. The Morgan fingerprint density at radius 2 is 1.18 bits per heavy atom. The highest BCUT2D eigenvalue weighted by Crippen LogP contribution is 2.29. The van der Waals surface area contributed by atoms with E-state index in [1.807, 2.05) is 0 Å². The summed E-state index contributed by atoms with van der Waals surface area (Å²) in [6, 6.07) is 0. The highest BCUT2D eigenvalue weighted by molar-refractivity contribution is 6.18. The zero-order chi connectivity index (χ0) is 13.3. The Balaban J connectivity index is 3.44. The Kier molecular flexibility index (Phi) is 4.29. The van der Waals surface area contributed by atoms with Crippen molar-refractivity contribution in [3.05, 3.63) is 34.6 Å². The lowest BCUT2D eigenvalue weighted by Crippen LogP contribution is -2.23. The molecule has 0 spiro atoms. The van der Waals surface area contributed by atoms with Crippen molar-refractivity contribution in [3.63, 3.8) is 0 Å². The van der Waals surface area contributed by atoms with Crippen LogP contribution in [0.4, 0.5) is 22.0 Å². The van der Waals surface area contributed by atoms with Gasteiger partial charge < -0.3 is 10.2 Å². The molecule has 2 N–H and O–H groups in total. The van der Waals surface area contributed by atoms with Crippen molar-refractivity contribution in [1.82, 2.24) is 0 Å². The number of benzene rings is 1. The van der Waals surface area contributed by atoms with Gasteiger partial charge in [-0.3, -0.25) is 0 Å². The van der Waals surface area contributed by atoms with E-state index in [1.165, 1.54) is 0 Å². The predicted octanol–water partition coefficient (Wildman–Crippen LogP) is 2.02.